The molecule has 1 saturated heterocycles. The Bertz CT molecular complexity index is 391. The largest absolute Gasteiger partial charge is 0.374 e. The molecule has 2 rings (SSSR count). The summed E-state index contributed by atoms with van der Waals surface area (Å²) in [5, 5.41) is 3.42. The van der Waals surface area contributed by atoms with Gasteiger partial charge in [-0.1, -0.05) is 6.92 Å². The molecule has 1 aliphatic heterocycles. The highest BCUT2D eigenvalue weighted by atomic mass is 16.5. The lowest BCUT2D eigenvalue weighted by Gasteiger charge is -2.36. The number of imidazole rings is 1. The number of aromatic nitrogens is 2. The van der Waals surface area contributed by atoms with Crippen molar-refractivity contribution in [1.29, 1.82) is 0 Å². The summed E-state index contributed by atoms with van der Waals surface area (Å²) in [6.45, 7) is 9.44. The summed E-state index contributed by atoms with van der Waals surface area (Å²) in [5.74, 6) is 1.14. The molecule has 0 aliphatic carbocycles. The molecule has 1 aromatic rings. The minimum atomic E-state index is 0.252. The predicted molar refractivity (Wildman–Crippen MR) is 80.9 cm³/mol. The van der Waals surface area contributed by atoms with Crippen LogP contribution in [0.1, 0.15) is 26.1 Å². The summed E-state index contributed by atoms with van der Waals surface area (Å²) < 4.78 is 8.19. The first-order valence-electron chi connectivity index (χ1n) is 7.79. The van der Waals surface area contributed by atoms with Crippen molar-refractivity contribution in [3.8, 4) is 0 Å². The summed E-state index contributed by atoms with van der Waals surface area (Å²) in [7, 11) is 2.02. The Balaban J connectivity index is 1.97. The van der Waals surface area contributed by atoms with E-state index in [0.29, 0.717) is 6.04 Å². The number of likely N-dealkylation sites (N-methyl/N-ethyl adjacent to an activating group) is 1. The maximum absolute atomic E-state index is 5.99. The Labute approximate surface area is 122 Å². The van der Waals surface area contributed by atoms with E-state index in [1.165, 1.54) is 13.0 Å². The quantitative estimate of drug-likeness (QED) is 0.813. The first-order chi connectivity index (χ1) is 9.78. The van der Waals surface area contributed by atoms with Gasteiger partial charge in [-0.15, -0.1) is 0 Å². The highest BCUT2D eigenvalue weighted by molar-refractivity contribution is 4.98. The lowest BCUT2D eigenvalue weighted by atomic mass is 10.1. The molecule has 0 saturated carbocycles. The zero-order valence-corrected chi connectivity index (χ0v) is 13.0. The van der Waals surface area contributed by atoms with E-state index in [1.54, 1.807) is 0 Å². The van der Waals surface area contributed by atoms with Crippen LogP contribution in [0.2, 0.25) is 0 Å². The van der Waals surface area contributed by atoms with E-state index in [1.807, 2.05) is 19.4 Å². The summed E-state index contributed by atoms with van der Waals surface area (Å²) >= 11 is 0. The molecule has 2 atom stereocenters. The summed E-state index contributed by atoms with van der Waals surface area (Å²) in [6, 6.07) is 0.322. The highest BCUT2D eigenvalue weighted by Gasteiger charge is 2.27. The smallest absolute Gasteiger partial charge is 0.110 e. The average Bonchev–Trinajstić information content (AvgIpc) is 2.92. The third-order valence-electron chi connectivity index (χ3n) is 4.08. The number of ether oxygens (including phenoxy) is 1. The van der Waals surface area contributed by atoms with Crippen LogP contribution in [0, 0.1) is 0 Å². The summed E-state index contributed by atoms with van der Waals surface area (Å²) in [5.41, 5.74) is 0. The third kappa shape index (κ3) is 3.81. The van der Waals surface area contributed by atoms with Crippen LogP contribution in [0.25, 0.3) is 0 Å². The van der Waals surface area contributed by atoms with Crippen molar-refractivity contribution in [3.63, 3.8) is 0 Å². The van der Waals surface area contributed by atoms with Gasteiger partial charge < -0.3 is 14.6 Å². The Kier molecular flexibility index (Phi) is 6.01. The number of nitrogens with one attached hydrogen (secondary N) is 1. The number of rotatable bonds is 7. The average molecular weight is 280 g/mol. The van der Waals surface area contributed by atoms with Gasteiger partial charge in [0.2, 0.25) is 0 Å². The first kappa shape index (κ1) is 15.5. The minimum absolute atomic E-state index is 0.252. The predicted octanol–water partition coefficient (Wildman–Crippen LogP) is 1.14. The van der Waals surface area contributed by atoms with Gasteiger partial charge in [-0.05, 0) is 26.9 Å². The normalized spacial score (nSPS) is 22.1. The van der Waals surface area contributed by atoms with E-state index >= 15 is 0 Å². The Hall–Kier alpha value is -0.910. The fraction of sp³-hybridized carbons (Fsp3) is 0.800. The van der Waals surface area contributed by atoms with Crippen molar-refractivity contribution in [3.05, 3.63) is 18.2 Å². The van der Waals surface area contributed by atoms with Crippen LogP contribution >= 0.6 is 0 Å². The summed E-state index contributed by atoms with van der Waals surface area (Å²) in [4.78, 5) is 6.98. The second-order valence-corrected chi connectivity index (χ2v) is 5.44. The Morgan fingerprint density at radius 1 is 1.50 bits per heavy atom. The standard InChI is InChI=1S/C15H28N4O/c1-4-7-18-9-10-20-14(12-18)13(16-3)11-15-17-6-8-19(15)5-2/h6,8,13-14,16H,4-5,7,9-12H2,1-3H3. The molecule has 5 nitrogen and oxygen atoms in total. The molecule has 0 radical (unpaired) electrons. The SMILES string of the molecule is CCCN1CCOC(C(Cc2nccn2CC)NC)C1. The lowest BCUT2D eigenvalue weighted by Crippen LogP contribution is -2.52. The van der Waals surface area contributed by atoms with Gasteiger partial charge in [0, 0.05) is 44.5 Å². The molecule has 2 heterocycles. The molecule has 0 spiro atoms. The van der Waals surface area contributed by atoms with Crippen LogP contribution in [0.4, 0.5) is 0 Å². The maximum Gasteiger partial charge on any atom is 0.110 e. The van der Waals surface area contributed by atoms with E-state index in [2.05, 4.69) is 33.6 Å². The van der Waals surface area contributed by atoms with Crippen molar-refractivity contribution >= 4 is 0 Å². The third-order valence-corrected chi connectivity index (χ3v) is 4.08. The molecule has 0 bridgehead atoms. The number of hydrogen-bond acceptors (Lipinski definition) is 4. The zero-order chi connectivity index (χ0) is 14.4. The molecule has 1 aromatic heterocycles. The van der Waals surface area contributed by atoms with Crippen molar-refractivity contribution in [2.24, 2.45) is 0 Å². The second-order valence-electron chi connectivity index (χ2n) is 5.44. The molecular weight excluding hydrogens is 252 g/mol. The van der Waals surface area contributed by atoms with Gasteiger partial charge >= 0.3 is 0 Å². The van der Waals surface area contributed by atoms with Crippen molar-refractivity contribution in [1.82, 2.24) is 19.8 Å². The van der Waals surface area contributed by atoms with Gasteiger partial charge in [0.25, 0.3) is 0 Å². The number of hydrogen-bond donors (Lipinski definition) is 1. The number of nitrogens with zero attached hydrogens (tertiary/aromatic N) is 3. The molecule has 0 aromatic carbocycles. The monoisotopic (exact) mass is 280 g/mol. The Morgan fingerprint density at radius 2 is 2.35 bits per heavy atom. The molecule has 1 aliphatic rings. The number of morpholine rings is 1. The van der Waals surface area contributed by atoms with E-state index in [-0.39, 0.29) is 6.10 Å². The van der Waals surface area contributed by atoms with Crippen LogP contribution in [0.5, 0.6) is 0 Å². The fourth-order valence-electron chi connectivity index (χ4n) is 2.93. The van der Waals surface area contributed by atoms with Crippen LogP contribution in [-0.2, 0) is 17.7 Å². The van der Waals surface area contributed by atoms with Gasteiger partial charge in [0.1, 0.15) is 5.82 Å². The first-order valence-corrected chi connectivity index (χ1v) is 7.79. The van der Waals surface area contributed by atoms with Gasteiger partial charge in [0.05, 0.1) is 12.7 Å². The van der Waals surface area contributed by atoms with Crippen LogP contribution < -0.4 is 5.32 Å². The van der Waals surface area contributed by atoms with E-state index in [0.717, 1.165) is 38.5 Å². The summed E-state index contributed by atoms with van der Waals surface area (Å²) in [6.07, 6.45) is 6.31. The van der Waals surface area contributed by atoms with Crippen molar-refractivity contribution in [2.75, 3.05) is 33.3 Å². The molecule has 1 fully saturated rings. The fourth-order valence-corrected chi connectivity index (χ4v) is 2.93. The van der Waals surface area contributed by atoms with E-state index in [9.17, 15) is 0 Å². The minimum Gasteiger partial charge on any atom is -0.374 e. The van der Waals surface area contributed by atoms with Gasteiger partial charge in [0.15, 0.2) is 0 Å². The van der Waals surface area contributed by atoms with Crippen LogP contribution in [-0.4, -0.2) is 59.9 Å². The van der Waals surface area contributed by atoms with Gasteiger partial charge in [-0.25, -0.2) is 4.98 Å². The topological polar surface area (TPSA) is 42.3 Å². The molecule has 2 unspecified atom stereocenters. The lowest BCUT2D eigenvalue weighted by molar-refractivity contribution is -0.0454. The molecule has 0 amide bonds. The molecule has 1 N–H and O–H groups in total. The second kappa shape index (κ2) is 7.76. The molecular formula is C15H28N4O. The van der Waals surface area contributed by atoms with Gasteiger partial charge in [-0.2, -0.15) is 0 Å². The zero-order valence-electron chi connectivity index (χ0n) is 13.0. The maximum atomic E-state index is 5.99. The Morgan fingerprint density at radius 3 is 3.05 bits per heavy atom. The van der Waals surface area contributed by atoms with Crippen LogP contribution in [0.3, 0.4) is 0 Å². The van der Waals surface area contributed by atoms with Crippen molar-refractivity contribution < 1.29 is 4.74 Å². The highest BCUT2D eigenvalue weighted by Crippen LogP contribution is 2.13. The van der Waals surface area contributed by atoms with Crippen molar-refractivity contribution in [2.45, 2.75) is 45.4 Å². The molecule has 20 heavy (non-hydrogen) atoms. The van der Waals surface area contributed by atoms with Crippen LogP contribution in [0.15, 0.2) is 12.4 Å². The molecule has 114 valence electrons. The number of aryl methyl sites for hydroxylation is 1. The van der Waals surface area contributed by atoms with E-state index < -0.39 is 0 Å². The molecule has 5 heteroatoms. The van der Waals surface area contributed by atoms with Gasteiger partial charge in [-0.3, -0.25) is 4.90 Å². The van der Waals surface area contributed by atoms with E-state index in [4.69, 9.17) is 4.74 Å².